The van der Waals surface area contributed by atoms with E-state index in [1.807, 2.05) is 12.1 Å². The van der Waals surface area contributed by atoms with Gasteiger partial charge in [0, 0.05) is 12.6 Å². The van der Waals surface area contributed by atoms with E-state index in [4.69, 9.17) is 0 Å². The van der Waals surface area contributed by atoms with Gasteiger partial charge in [0.2, 0.25) is 10.0 Å². The Hall–Kier alpha value is -0.920. The van der Waals surface area contributed by atoms with Crippen molar-refractivity contribution < 1.29 is 16.8 Å². The molecule has 0 amide bonds. The summed E-state index contributed by atoms with van der Waals surface area (Å²) in [7, 11) is -6.78. The standard InChI is InChI=1S/C18H27NO4S2/c1-2-19(17-12-13-24(20,21)14-17)25(22,23)18-10-8-16(9-11-18)15-6-4-3-5-7-15/h8-11,15,17H,2-7,12-14H2,1H3/t17-/m1/s1. The molecule has 0 N–H and O–H groups in total. The van der Waals surface area contributed by atoms with Crippen LogP contribution in [0, 0.1) is 0 Å². The highest BCUT2D eigenvalue weighted by Gasteiger charge is 2.37. The maximum atomic E-state index is 13.0. The van der Waals surface area contributed by atoms with E-state index in [1.165, 1.54) is 42.0 Å². The predicted molar refractivity (Wildman–Crippen MR) is 98.9 cm³/mol. The van der Waals surface area contributed by atoms with Gasteiger partial charge in [0.1, 0.15) is 0 Å². The summed E-state index contributed by atoms with van der Waals surface area (Å²) in [6.07, 6.45) is 6.50. The van der Waals surface area contributed by atoms with Crippen molar-refractivity contribution in [1.29, 1.82) is 0 Å². The number of sulfonamides is 1. The smallest absolute Gasteiger partial charge is 0.229 e. The molecule has 0 aromatic heterocycles. The number of nitrogens with zero attached hydrogens (tertiary/aromatic N) is 1. The fourth-order valence-corrected chi connectivity index (χ4v) is 7.60. The molecule has 1 aliphatic heterocycles. The average molecular weight is 386 g/mol. The maximum Gasteiger partial charge on any atom is 0.243 e. The van der Waals surface area contributed by atoms with Gasteiger partial charge in [0.25, 0.3) is 0 Å². The first kappa shape index (κ1) is 18.9. The summed E-state index contributed by atoms with van der Waals surface area (Å²) in [5.41, 5.74) is 1.21. The van der Waals surface area contributed by atoms with Crippen molar-refractivity contribution in [1.82, 2.24) is 4.31 Å². The molecular weight excluding hydrogens is 358 g/mol. The monoisotopic (exact) mass is 385 g/mol. The van der Waals surface area contributed by atoms with Gasteiger partial charge in [-0.15, -0.1) is 0 Å². The van der Waals surface area contributed by atoms with Gasteiger partial charge in [-0.3, -0.25) is 0 Å². The second-order valence-corrected chi connectivity index (χ2v) is 11.3. The Labute approximate surface area is 151 Å². The lowest BCUT2D eigenvalue weighted by atomic mass is 9.84. The first-order valence-electron chi connectivity index (χ1n) is 9.16. The minimum Gasteiger partial charge on any atom is -0.229 e. The zero-order valence-electron chi connectivity index (χ0n) is 14.7. The third-order valence-corrected chi connectivity index (χ3v) is 9.28. The molecule has 140 valence electrons. The third-order valence-electron chi connectivity index (χ3n) is 5.49. The van der Waals surface area contributed by atoms with E-state index < -0.39 is 25.9 Å². The lowest BCUT2D eigenvalue weighted by Gasteiger charge is -2.26. The zero-order valence-corrected chi connectivity index (χ0v) is 16.4. The lowest BCUT2D eigenvalue weighted by molar-refractivity contribution is 0.354. The molecule has 7 heteroatoms. The van der Waals surface area contributed by atoms with Crippen LogP contribution in [0.2, 0.25) is 0 Å². The molecule has 5 nitrogen and oxygen atoms in total. The molecule has 1 aromatic rings. The third kappa shape index (κ3) is 4.09. The highest BCUT2D eigenvalue weighted by atomic mass is 32.2. The Morgan fingerprint density at radius 1 is 1.04 bits per heavy atom. The van der Waals surface area contributed by atoms with E-state index in [2.05, 4.69) is 0 Å². The second-order valence-electron chi connectivity index (χ2n) is 7.17. The van der Waals surface area contributed by atoms with Gasteiger partial charge in [0.15, 0.2) is 9.84 Å². The Morgan fingerprint density at radius 2 is 1.68 bits per heavy atom. The molecule has 1 aliphatic carbocycles. The van der Waals surface area contributed by atoms with Crippen LogP contribution < -0.4 is 0 Å². The number of hydrogen-bond donors (Lipinski definition) is 0. The first-order valence-corrected chi connectivity index (χ1v) is 12.4. The summed E-state index contributed by atoms with van der Waals surface area (Å²) < 4.78 is 50.8. The van der Waals surface area contributed by atoms with E-state index in [9.17, 15) is 16.8 Å². The summed E-state index contributed by atoms with van der Waals surface area (Å²) in [5, 5.41) is 0. The second kappa shape index (κ2) is 7.37. The summed E-state index contributed by atoms with van der Waals surface area (Å²) in [5.74, 6) is 0.539. The van der Waals surface area contributed by atoms with E-state index in [0.29, 0.717) is 12.3 Å². The van der Waals surface area contributed by atoms with Crippen LogP contribution in [0.4, 0.5) is 0 Å². The minimum atomic E-state index is -3.66. The molecule has 2 aliphatic rings. The van der Waals surface area contributed by atoms with Crippen LogP contribution in [0.5, 0.6) is 0 Å². The van der Waals surface area contributed by atoms with E-state index in [1.54, 1.807) is 19.1 Å². The van der Waals surface area contributed by atoms with Gasteiger partial charge in [-0.1, -0.05) is 38.3 Å². The summed E-state index contributed by atoms with van der Waals surface area (Å²) >= 11 is 0. The van der Waals surface area contributed by atoms with Gasteiger partial charge < -0.3 is 0 Å². The molecule has 0 unspecified atom stereocenters. The van der Waals surface area contributed by atoms with Crippen LogP contribution in [0.25, 0.3) is 0 Å². The molecular formula is C18H27NO4S2. The predicted octanol–water partition coefficient (Wildman–Crippen LogP) is 2.93. The van der Waals surface area contributed by atoms with Gasteiger partial charge in [0.05, 0.1) is 16.4 Å². The van der Waals surface area contributed by atoms with E-state index in [-0.39, 0.29) is 22.9 Å². The Morgan fingerprint density at radius 3 is 2.20 bits per heavy atom. The Bertz CT molecular complexity index is 794. The molecule has 2 fully saturated rings. The maximum absolute atomic E-state index is 13.0. The number of benzene rings is 1. The van der Waals surface area contributed by atoms with Crippen LogP contribution in [-0.2, 0) is 19.9 Å². The van der Waals surface area contributed by atoms with Crippen molar-refractivity contribution in [3.05, 3.63) is 29.8 Å². The van der Waals surface area contributed by atoms with Crippen LogP contribution in [0.1, 0.15) is 56.9 Å². The molecule has 1 atom stereocenters. The van der Waals surface area contributed by atoms with Crippen molar-refractivity contribution in [2.75, 3.05) is 18.1 Å². The highest BCUT2D eigenvalue weighted by Crippen LogP contribution is 2.33. The molecule has 1 heterocycles. The Balaban J connectivity index is 1.81. The number of rotatable bonds is 5. The minimum absolute atomic E-state index is 0.0692. The van der Waals surface area contributed by atoms with Crippen LogP contribution in [0.3, 0.4) is 0 Å². The number of hydrogen-bond acceptors (Lipinski definition) is 4. The molecule has 25 heavy (non-hydrogen) atoms. The zero-order chi connectivity index (χ0) is 18.1. The summed E-state index contributed by atoms with van der Waals surface area (Å²) in [6, 6.07) is 6.79. The first-order chi connectivity index (χ1) is 11.8. The normalized spacial score (nSPS) is 24.6. The SMILES string of the molecule is CCN([C@@H]1CCS(=O)(=O)C1)S(=O)(=O)c1ccc(C2CCCCC2)cc1. The molecule has 0 bridgehead atoms. The van der Waals surface area contributed by atoms with Crippen LogP contribution >= 0.6 is 0 Å². The highest BCUT2D eigenvalue weighted by molar-refractivity contribution is 7.92. The number of sulfone groups is 1. The van der Waals surface area contributed by atoms with Crippen molar-refractivity contribution in [2.24, 2.45) is 0 Å². The Kier molecular flexibility index (Phi) is 5.56. The molecule has 0 radical (unpaired) electrons. The van der Waals surface area contributed by atoms with Gasteiger partial charge in [-0.05, 0) is 42.9 Å². The van der Waals surface area contributed by atoms with Crippen molar-refractivity contribution in [3.63, 3.8) is 0 Å². The van der Waals surface area contributed by atoms with Gasteiger partial charge in [-0.25, -0.2) is 16.8 Å². The largest absolute Gasteiger partial charge is 0.243 e. The van der Waals surface area contributed by atoms with Gasteiger partial charge >= 0.3 is 0 Å². The molecule has 1 aromatic carbocycles. The summed E-state index contributed by atoms with van der Waals surface area (Å²) in [6.45, 7) is 2.05. The molecule has 1 saturated carbocycles. The fraction of sp³-hybridized carbons (Fsp3) is 0.667. The van der Waals surface area contributed by atoms with Crippen molar-refractivity contribution in [3.8, 4) is 0 Å². The summed E-state index contributed by atoms with van der Waals surface area (Å²) in [4.78, 5) is 0.262. The van der Waals surface area contributed by atoms with E-state index in [0.717, 1.165) is 0 Å². The van der Waals surface area contributed by atoms with Crippen molar-refractivity contribution >= 4 is 19.9 Å². The van der Waals surface area contributed by atoms with Gasteiger partial charge in [-0.2, -0.15) is 4.31 Å². The molecule has 0 spiro atoms. The molecule has 1 saturated heterocycles. The topological polar surface area (TPSA) is 71.5 Å². The molecule has 3 rings (SSSR count). The fourth-order valence-electron chi connectivity index (χ4n) is 4.11. The average Bonchev–Trinajstić information content (AvgIpc) is 2.96. The van der Waals surface area contributed by atoms with Crippen LogP contribution in [0.15, 0.2) is 29.2 Å². The van der Waals surface area contributed by atoms with Crippen LogP contribution in [-0.4, -0.2) is 45.2 Å². The van der Waals surface area contributed by atoms with E-state index >= 15 is 0 Å². The quantitative estimate of drug-likeness (QED) is 0.781. The lowest BCUT2D eigenvalue weighted by Crippen LogP contribution is -2.40. The van der Waals surface area contributed by atoms with Crippen molar-refractivity contribution in [2.45, 2.75) is 62.3 Å².